The summed E-state index contributed by atoms with van der Waals surface area (Å²) in [6, 6.07) is 3.28. The molecular formula is C22H29F3N6O5S2. The molecule has 1 aliphatic heterocycles. The molecule has 2 aromatic rings. The lowest BCUT2D eigenvalue weighted by atomic mass is 9.95. The zero-order valence-electron chi connectivity index (χ0n) is 21.1. The molecule has 1 aromatic carbocycles. The van der Waals surface area contributed by atoms with Crippen molar-refractivity contribution in [2.45, 2.75) is 51.7 Å². The number of fused-ring (bicyclic) bond motifs is 1. The molecule has 3 rings (SSSR count). The molecule has 0 aliphatic carbocycles. The molecular weight excluding hydrogens is 549 g/mol. The molecule has 210 valence electrons. The Hall–Kier alpha value is -2.85. The SMILES string of the molecule is CCCCN1c2cc(NS(=O)(=O)CC(F)(F)F)c(N=Nc3nnc(C(=O)OCCOC)s3)cc2CCC1C. The van der Waals surface area contributed by atoms with Crippen molar-refractivity contribution >= 4 is 49.5 Å². The topological polar surface area (TPSA) is 135 Å². The van der Waals surface area contributed by atoms with Crippen LogP contribution >= 0.6 is 11.3 Å². The summed E-state index contributed by atoms with van der Waals surface area (Å²) in [7, 11) is -3.33. The number of methoxy groups -OCH3 is 1. The van der Waals surface area contributed by atoms with Crippen LogP contribution in [0.25, 0.3) is 0 Å². The first-order valence-electron chi connectivity index (χ1n) is 11.8. The maximum absolute atomic E-state index is 12.9. The monoisotopic (exact) mass is 578 g/mol. The first-order chi connectivity index (χ1) is 17.9. The molecule has 1 unspecified atom stereocenters. The Kier molecular flexibility index (Phi) is 10.0. The first-order valence-corrected chi connectivity index (χ1v) is 14.3. The number of carbonyl (C=O) groups excluding carboxylic acids is 1. The van der Waals surface area contributed by atoms with E-state index in [0.29, 0.717) is 13.0 Å². The normalized spacial score (nSPS) is 16.1. The summed E-state index contributed by atoms with van der Waals surface area (Å²) >= 11 is 0.790. The molecule has 2 heterocycles. The summed E-state index contributed by atoms with van der Waals surface area (Å²) in [5.41, 5.74) is 1.47. The number of aryl methyl sites for hydroxylation is 1. The van der Waals surface area contributed by atoms with Crippen molar-refractivity contribution in [2.75, 3.05) is 42.2 Å². The molecule has 1 atom stereocenters. The number of esters is 1. The van der Waals surface area contributed by atoms with Crippen LogP contribution in [0, 0.1) is 0 Å². The van der Waals surface area contributed by atoms with E-state index in [2.05, 4.69) is 25.3 Å². The molecule has 1 aliphatic rings. The smallest absolute Gasteiger partial charge is 0.404 e. The van der Waals surface area contributed by atoms with Crippen molar-refractivity contribution in [3.05, 3.63) is 22.7 Å². The van der Waals surface area contributed by atoms with Crippen molar-refractivity contribution < 1.29 is 35.9 Å². The Morgan fingerprint density at radius 1 is 1.26 bits per heavy atom. The van der Waals surface area contributed by atoms with Gasteiger partial charge >= 0.3 is 12.1 Å². The fourth-order valence-corrected chi connectivity index (χ4v) is 5.37. The first kappa shape index (κ1) is 29.7. The van der Waals surface area contributed by atoms with Crippen molar-refractivity contribution in [3.63, 3.8) is 0 Å². The third kappa shape index (κ3) is 8.33. The second-order valence-corrected chi connectivity index (χ2v) is 11.3. The molecule has 0 saturated carbocycles. The van der Waals surface area contributed by atoms with E-state index in [-0.39, 0.29) is 40.8 Å². The number of aromatic nitrogens is 2. The average Bonchev–Trinajstić information content (AvgIpc) is 3.30. The number of azo groups is 1. The van der Waals surface area contributed by atoms with E-state index in [9.17, 15) is 26.4 Å². The minimum atomic E-state index is -4.93. The van der Waals surface area contributed by atoms with Crippen LogP contribution in [-0.4, -0.2) is 69.4 Å². The minimum absolute atomic E-state index is 0.0129. The van der Waals surface area contributed by atoms with Crippen LogP contribution in [0.15, 0.2) is 22.4 Å². The third-order valence-electron chi connectivity index (χ3n) is 5.59. The summed E-state index contributed by atoms with van der Waals surface area (Å²) in [5.74, 6) is -2.77. The Labute approximate surface area is 222 Å². The van der Waals surface area contributed by atoms with Gasteiger partial charge in [0.25, 0.3) is 5.13 Å². The van der Waals surface area contributed by atoms with Crippen LogP contribution in [0.1, 0.15) is 48.5 Å². The molecule has 1 aromatic heterocycles. The number of sulfonamides is 1. The van der Waals surface area contributed by atoms with Gasteiger partial charge in [-0.2, -0.15) is 13.2 Å². The van der Waals surface area contributed by atoms with Crippen molar-refractivity contribution in [3.8, 4) is 0 Å². The molecule has 16 heteroatoms. The Balaban J connectivity index is 1.95. The largest absolute Gasteiger partial charge is 0.458 e. The van der Waals surface area contributed by atoms with Crippen LogP contribution < -0.4 is 9.62 Å². The number of hydrogen-bond donors (Lipinski definition) is 1. The number of unbranched alkanes of at least 4 members (excludes halogenated alkanes) is 1. The highest BCUT2D eigenvalue weighted by atomic mass is 32.2. The van der Waals surface area contributed by atoms with Crippen LogP contribution in [-0.2, 0) is 25.9 Å². The second kappa shape index (κ2) is 12.8. The fraction of sp³-hybridized carbons (Fsp3) is 0.591. The number of rotatable bonds is 12. The Bertz CT molecular complexity index is 1250. The number of nitrogens with one attached hydrogen (secondary N) is 1. The highest BCUT2D eigenvalue weighted by molar-refractivity contribution is 7.92. The summed E-state index contributed by atoms with van der Waals surface area (Å²) < 4.78 is 75.1. The lowest BCUT2D eigenvalue weighted by Gasteiger charge is -2.37. The Morgan fingerprint density at radius 3 is 2.71 bits per heavy atom. The number of ether oxygens (including phenoxy) is 2. The van der Waals surface area contributed by atoms with Crippen molar-refractivity contribution in [1.29, 1.82) is 0 Å². The van der Waals surface area contributed by atoms with Crippen LogP contribution in [0.4, 0.5) is 35.4 Å². The molecule has 0 bridgehead atoms. The molecule has 11 nitrogen and oxygen atoms in total. The number of carbonyl (C=O) groups is 1. The average molecular weight is 579 g/mol. The van der Waals surface area contributed by atoms with E-state index in [0.717, 1.165) is 41.9 Å². The predicted molar refractivity (Wildman–Crippen MR) is 136 cm³/mol. The number of alkyl halides is 3. The number of halogens is 3. The number of hydrogen-bond acceptors (Lipinski definition) is 11. The molecule has 0 saturated heterocycles. The van der Waals surface area contributed by atoms with Gasteiger partial charge in [0.05, 0.1) is 12.3 Å². The van der Waals surface area contributed by atoms with Gasteiger partial charge in [-0.3, -0.25) is 4.72 Å². The van der Waals surface area contributed by atoms with Crippen LogP contribution in [0.2, 0.25) is 0 Å². The van der Waals surface area contributed by atoms with Gasteiger partial charge in [-0.15, -0.1) is 20.4 Å². The number of benzene rings is 1. The highest BCUT2D eigenvalue weighted by Crippen LogP contribution is 2.40. The van der Waals surface area contributed by atoms with Gasteiger partial charge in [0, 0.05) is 25.4 Å². The number of nitrogens with zero attached hydrogens (tertiary/aromatic N) is 5. The summed E-state index contributed by atoms with van der Waals surface area (Å²) in [6.07, 6.45) is -1.57. The quantitative estimate of drug-likeness (QED) is 0.211. The van der Waals surface area contributed by atoms with Crippen molar-refractivity contribution in [2.24, 2.45) is 10.2 Å². The molecule has 38 heavy (non-hydrogen) atoms. The van der Waals surface area contributed by atoms with Gasteiger partial charge in [0.2, 0.25) is 15.0 Å². The molecule has 0 amide bonds. The maximum atomic E-state index is 12.9. The van der Waals surface area contributed by atoms with Crippen LogP contribution in [0.5, 0.6) is 0 Å². The lowest BCUT2D eigenvalue weighted by Crippen LogP contribution is -2.38. The van der Waals surface area contributed by atoms with Gasteiger partial charge in [-0.25, -0.2) is 13.2 Å². The summed E-state index contributed by atoms with van der Waals surface area (Å²) in [4.78, 5) is 14.1. The van der Waals surface area contributed by atoms with Gasteiger partial charge in [-0.05, 0) is 43.9 Å². The molecule has 1 N–H and O–H groups in total. The van der Waals surface area contributed by atoms with E-state index in [1.165, 1.54) is 13.2 Å². The minimum Gasteiger partial charge on any atom is -0.458 e. The molecule has 0 spiro atoms. The van der Waals surface area contributed by atoms with Gasteiger partial charge in [0.1, 0.15) is 12.3 Å². The Morgan fingerprint density at radius 2 is 2.03 bits per heavy atom. The summed E-state index contributed by atoms with van der Waals surface area (Å²) in [5, 5.41) is 15.4. The van der Waals surface area contributed by atoms with Crippen LogP contribution in [0.3, 0.4) is 0 Å². The van der Waals surface area contributed by atoms with Gasteiger partial charge in [0.15, 0.2) is 5.75 Å². The zero-order valence-corrected chi connectivity index (χ0v) is 22.7. The van der Waals surface area contributed by atoms with E-state index in [1.807, 2.05) is 18.6 Å². The third-order valence-corrected chi connectivity index (χ3v) is 7.62. The zero-order chi connectivity index (χ0) is 27.9. The summed E-state index contributed by atoms with van der Waals surface area (Å²) in [6.45, 7) is 5.04. The maximum Gasteiger partial charge on any atom is 0.404 e. The van der Waals surface area contributed by atoms with E-state index in [4.69, 9.17) is 9.47 Å². The van der Waals surface area contributed by atoms with E-state index >= 15 is 0 Å². The van der Waals surface area contributed by atoms with E-state index in [1.54, 1.807) is 6.07 Å². The molecule has 0 fully saturated rings. The standard InChI is InChI=1S/C22H29F3N6O5S2/c1-4-5-8-31-14(2)6-7-15-11-16(17(12-18(15)31)30-38(33,34)13-22(23,24)25)26-28-21-29-27-19(37-21)20(32)36-10-9-35-3/h11-12,14,30H,4-10,13H2,1-3H3. The fourth-order valence-electron chi connectivity index (χ4n) is 3.81. The van der Waals surface area contributed by atoms with Gasteiger partial charge < -0.3 is 14.4 Å². The predicted octanol–water partition coefficient (Wildman–Crippen LogP) is 5.00. The van der Waals surface area contributed by atoms with Crippen molar-refractivity contribution in [1.82, 2.24) is 10.2 Å². The van der Waals surface area contributed by atoms with Gasteiger partial charge in [-0.1, -0.05) is 24.7 Å². The second-order valence-electron chi connectivity index (χ2n) is 8.63. The molecule has 0 radical (unpaired) electrons. The number of anilines is 2. The lowest BCUT2D eigenvalue weighted by molar-refractivity contribution is -0.106. The van der Waals surface area contributed by atoms with E-state index < -0.39 is 27.9 Å². The highest BCUT2D eigenvalue weighted by Gasteiger charge is 2.36.